The number of pyridine rings is 1. The van der Waals surface area contributed by atoms with E-state index in [1.165, 1.54) is 11.6 Å². The number of aliphatic imine (C=N–C) groups is 1. The van der Waals surface area contributed by atoms with Crippen molar-refractivity contribution in [1.29, 1.82) is 0 Å². The molecule has 2 heterocycles. The minimum Gasteiger partial charge on any atom is -0.294 e. The predicted octanol–water partition coefficient (Wildman–Crippen LogP) is 4.60. The largest absolute Gasteiger partial charge is 0.294 e. The molecular formula is C18H11ClN2O. The summed E-state index contributed by atoms with van der Waals surface area (Å²) in [4.78, 5) is 21.0. The van der Waals surface area contributed by atoms with Crippen molar-refractivity contribution in [1.82, 2.24) is 4.98 Å². The molecule has 1 aliphatic rings. The van der Waals surface area contributed by atoms with Crippen LogP contribution in [0, 0.1) is 0 Å². The molecule has 106 valence electrons. The summed E-state index contributed by atoms with van der Waals surface area (Å²) < 4.78 is 0. The summed E-state index contributed by atoms with van der Waals surface area (Å²) in [6.45, 7) is 0. The van der Waals surface area contributed by atoms with Crippen LogP contribution in [0.15, 0.2) is 59.7 Å². The van der Waals surface area contributed by atoms with Gasteiger partial charge in [0.2, 0.25) is 0 Å². The highest BCUT2D eigenvalue weighted by Gasteiger charge is 2.22. The molecule has 0 aliphatic carbocycles. The first-order chi connectivity index (χ1) is 10.7. The quantitative estimate of drug-likeness (QED) is 0.659. The van der Waals surface area contributed by atoms with Gasteiger partial charge in [-0.05, 0) is 28.5 Å². The number of carbonyl (C=O) groups is 1. The van der Waals surface area contributed by atoms with E-state index in [1.54, 1.807) is 6.07 Å². The van der Waals surface area contributed by atoms with Crippen LogP contribution in [-0.4, -0.2) is 16.5 Å². The summed E-state index contributed by atoms with van der Waals surface area (Å²) in [5.41, 5.74) is 2.20. The summed E-state index contributed by atoms with van der Waals surface area (Å²) in [5, 5.41) is 2.75. The summed E-state index contributed by atoms with van der Waals surface area (Å²) in [5.74, 6) is 0.451. The number of carbonyl (C=O) groups excluding carboxylic acids is 1. The second-order valence-corrected chi connectivity index (χ2v) is 5.68. The van der Waals surface area contributed by atoms with Gasteiger partial charge in [-0.1, -0.05) is 48.0 Å². The van der Waals surface area contributed by atoms with E-state index in [2.05, 4.69) is 28.2 Å². The number of halogens is 1. The molecule has 0 amide bonds. The molecule has 0 atom stereocenters. The van der Waals surface area contributed by atoms with Crippen LogP contribution >= 0.6 is 11.6 Å². The van der Waals surface area contributed by atoms with Crippen LogP contribution in [0.25, 0.3) is 10.8 Å². The van der Waals surface area contributed by atoms with E-state index in [0.717, 1.165) is 16.7 Å². The standard InChI is InChI=1S/C18H11ClN2O/c19-14-8-15-17(22)9-16(21-18(15)20-10-14)13-6-5-11-3-1-2-4-12(11)7-13/h1-8,10H,9H2. The van der Waals surface area contributed by atoms with E-state index in [1.807, 2.05) is 24.3 Å². The van der Waals surface area contributed by atoms with Crippen molar-refractivity contribution in [2.75, 3.05) is 0 Å². The first-order valence-electron chi connectivity index (χ1n) is 6.96. The molecule has 0 saturated heterocycles. The number of rotatable bonds is 1. The maximum atomic E-state index is 12.3. The molecule has 1 aromatic heterocycles. The van der Waals surface area contributed by atoms with Crippen molar-refractivity contribution >= 4 is 39.7 Å². The Morgan fingerprint density at radius 3 is 2.68 bits per heavy atom. The van der Waals surface area contributed by atoms with Gasteiger partial charge in [0.15, 0.2) is 11.6 Å². The second-order valence-electron chi connectivity index (χ2n) is 5.25. The van der Waals surface area contributed by atoms with Gasteiger partial charge in [-0.3, -0.25) is 4.79 Å². The normalized spacial score (nSPS) is 13.9. The maximum absolute atomic E-state index is 12.3. The zero-order valence-electron chi connectivity index (χ0n) is 11.6. The first kappa shape index (κ1) is 13.2. The van der Waals surface area contributed by atoms with Gasteiger partial charge >= 0.3 is 0 Å². The van der Waals surface area contributed by atoms with E-state index in [0.29, 0.717) is 16.4 Å². The smallest absolute Gasteiger partial charge is 0.172 e. The van der Waals surface area contributed by atoms with Crippen LogP contribution in [0.1, 0.15) is 22.3 Å². The number of fused-ring (bicyclic) bond motifs is 2. The first-order valence-corrected chi connectivity index (χ1v) is 7.34. The van der Waals surface area contributed by atoms with Crippen molar-refractivity contribution in [3.05, 3.63) is 70.9 Å². The molecule has 4 rings (SSSR count). The lowest BCUT2D eigenvalue weighted by Gasteiger charge is -2.14. The fraction of sp³-hybridized carbons (Fsp3) is 0.0556. The Hall–Kier alpha value is -2.52. The Kier molecular flexibility index (Phi) is 3.01. The fourth-order valence-corrected chi connectivity index (χ4v) is 2.83. The molecule has 0 saturated carbocycles. The van der Waals surface area contributed by atoms with Crippen molar-refractivity contribution in [2.45, 2.75) is 6.42 Å². The van der Waals surface area contributed by atoms with Crippen LogP contribution in [0.2, 0.25) is 5.02 Å². The average Bonchev–Trinajstić information content (AvgIpc) is 2.55. The molecule has 0 unspecified atom stereocenters. The molecule has 0 bridgehead atoms. The number of nitrogens with zero attached hydrogens (tertiary/aromatic N) is 2. The number of Topliss-reactive ketones (excluding diaryl/α,β-unsaturated/α-hetero) is 1. The summed E-state index contributed by atoms with van der Waals surface area (Å²) in [6.07, 6.45) is 1.79. The Morgan fingerprint density at radius 1 is 1.00 bits per heavy atom. The van der Waals surface area contributed by atoms with Crippen LogP contribution in [0.5, 0.6) is 0 Å². The van der Waals surface area contributed by atoms with E-state index in [9.17, 15) is 4.79 Å². The van der Waals surface area contributed by atoms with Gasteiger partial charge in [0.1, 0.15) is 0 Å². The van der Waals surface area contributed by atoms with Crippen molar-refractivity contribution in [3.63, 3.8) is 0 Å². The zero-order chi connectivity index (χ0) is 15.1. The minimum atomic E-state index is 0.00292. The lowest BCUT2D eigenvalue weighted by Crippen LogP contribution is -2.15. The van der Waals surface area contributed by atoms with Gasteiger partial charge in [0, 0.05) is 6.20 Å². The zero-order valence-corrected chi connectivity index (χ0v) is 12.3. The third-order valence-corrected chi connectivity index (χ3v) is 3.99. The van der Waals surface area contributed by atoms with Crippen LogP contribution in [-0.2, 0) is 0 Å². The third kappa shape index (κ3) is 2.20. The van der Waals surface area contributed by atoms with Gasteiger partial charge in [-0.2, -0.15) is 0 Å². The molecule has 3 aromatic rings. The maximum Gasteiger partial charge on any atom is 0.172 e. The minimum absolute atomic E-state index is 0.00292. The van der Waals surface area contributed by atoms with Gasteiger partial charge < -0.3 is 0 Å². The predicted molar refractivity (Wildman–Crippen MR) is 88.3 cm³/mol. The van der Waals surface area contributed by atoms with Crippen LogP contribution < -0.4 is 0 Å². The van der Waals surface area contributed by atoms with Crippen molar-refractivity contribution in [2.24, 2.45) is 4.99 Å². The van der Waals surface area contributed by atoms with Crippen molar-refractivity contribution < 1.29 is 4.79 Å². The van der Waals surface area contributed by atoms with Crippen molar-refractivity contribution in [3.8, 4) is 0 Å². The Morgan fingerprint density at radius 2 is 1.82 bits per heavy atom. The number of benzene rings is 2. The lowest BCUT2D eigenvalue weighted by atomic mass is 9.96. The van der Waals surface area contributed by atoms with Gasteiger partial charge in [0.25, 0.3) is 0 Å². The average molecular weight is 307 g/mol. The Bertz CT molecular complexity index is 947. The van der Waals surface area contributed by atoms with E-state index < -0.39 is 0 Å². The SMILES string of the molecule is O=C1CC(c2ccc3ccccc3c2)=Nc2ncc(Cl)cc21. The summed E-state index contributed by atoms with van der Waals surface area (Å²) >= 11 is 5.90. The van der Waals surface area contributed by atoms with Gasteiger partial charge in [-0.25, -0.2) is 9.98 Å². The summed E-state index contributed by atoms with van der Waals surface area (Å²) in [7, 11) is 0. The third-order valence-electron chi connectivity index (χ3n) is 3.79. The topological polar surface area (TPSA) is 42.3 Å². The highest BCUT2D eigenvalue weighted by molar-refractivity contribution is 6.31. The number of hydrogen-bond acceptors (Lipinski definition) is 3. The van der Waals surface area contributed by atoms with E-state index >= 15 is 0 Å². The Balaban J connectivity index is 1.84. The van der Waals surface area contributed by atoms with E-state index in [4.69, 9.17) is 11.6 Å². The monoisotopic (exact) mass is 306 g/mol. The summed E-state index contributed by atoms with van der Waals surface area (Å²) in [6, 6.07) is 15.8. The number of hydrogen-bond donors (Lipinski definition) is 0. The molecule has 1 aliphatic heterocycles. The number of aromatic nitrogens is 1. The lowest BCUT2D eigenvalue weighted by molar-refractivity contribution is 0.0999. The Labute approximate surface area is 132 Å². The van der Waals surface area contributed by atoms with Crippen LogP contribution in [0.4, 0.5) is 5.82 Å². The van der Waals surface area contributed by atoms with Crippen LogP contribution in [0.3, 0.4) is 0 Å². The number of ketones is 1. The highest BCUT2D eigenvalue weighted by atomic mass is 35.5. The molecular weight excluding hydrogens is 296 g/mol. The fourth-order valence-electron chi connectivity index (χ4n) is 2.68. The molecule has 2 aromatic carbocycles. The highest BCUT2D eigenvalue weighted by Crippen LogP contribution is 2.28. The van der Waals surface area contributed by atoms with Gasteiger partial charge in [0.05, 0.1) is 22.7 Å². The molecule has 0 fully saturated rings. The second kappa shape index (κ2) is 5.04. The molecule has 3 nitrogen and oxygen atoms in total. The molecule has 0 N–H and O–H groups in total. The molecule has 22 heavy (non-hydrogen) atoms. The van der Waals surface area contributed by atoms with Gasteiger partial charge in [-0.15, -0.1) is 0 Å². The molecule has 0 radical (unpaired) electrons. The molecule has 0 spiro atoms. The van der Waals surface area contributed by atoms with E-state index in [-0.39, 0.29) is 12.2 Å². The molecule has 4 heteroatoms.